The Labute approximate surface area is 322 Å². The summed E-state index contributed by atoms with van der Waals surface area (Å²) < 4.78 is 8.97. The number of rotatable bonds is 6. The number of fused-ring (bicyclic) bond motifs is 7. The van der Waals surface area contributed by atoms with Gasteiger partial charge in [0.15, 0.2) is 0 Å². The maximum absolute atomic E-state index is 6.44. The van der Waals surface area contributed by atoms with E-state index in [4.69, 9.17) is 4.42 Å². The first kappa shape index (κ1) is 31.6. The number of anilines is 3. The van der Waals surface area contributed by atoms with Crippen molar-refractivity contribution in [1.29, 1.82) is 0 Å². The van der Waals surface area contributed by atoms with Crippen molar-refractivity contribution >= 4 is 81.3 Å². The zero-order chi connectivity index (χ0) is 36.3. The van der Waals surface area contributed by atoms with Crippen LogP contribution in [0.1, 0.15) is 0 Å². The van der Waals surface area contributed by atoms with Crippen molar-refractivity contribution in [2.24, 2.45) is 0 Å². The fourth-order valence-corrected chi connectivity index (χ4v) is 9.44. The van der Waals surface area contributed by atoms with Gasteiger partial charge in [-0.15, -0.1) is 11.3 Å². The lowest BCUT2D eigenvalue weighted by molar-refractivity contribution is 0.669. The summed E-state index contributed by atoms with van der Waals surface area (Å²) in [6.45, 7) is 0. The Morgan fingerprint density at radius 1 is 0.345 bits per heavy atom. The highest BCUT2D eigenvalue weighted by molar-refractivity contribution is 7.26. The summed E-state index contributed by atoms with van der Waals surface area (Å²) in [6.07, 6.45) is 0. The molecule has 3 heteroatoms. The molecule has 55 heavy (non-hydrogen) atoms. The Morgan fingerprint density at radius 2 is 1.00 bits per heavy atom. The highest BCUT2D eigenvalue weighted by Crippen LogP contribution is 2.50. The molecule has 2 nitrogen and oxygen atoms in total. The number of thiophene rings is 1. The van der Waals surface area contributed by atoms with Crippen LogP contribution in [-0.4, -0.2) is 0 Å². The van der Waals surface area contributed by atoms with Crippen LogP contribution in [0.4, 0.5) is 17.1 Å². The van der Waals surface area contributed by atoms with Crippen LogP contribution in [0, 0.1) is 0 Å². The van der Waals surface area contributed by atoms with Crippen LogP contribution in [0.15, 0.2) is 205 Å². The molecule has 2 heterocycles. The Balaban J connectivity index is 1.21. The van der Waals surface area contributed by atoms with Gasteiger partial charge in [-0.1, -0.05) is 152 Å². The number of hydrogen-bond donors (Lipinski definition) is 0. The molecule has 0 aliphatic rings. The second-order valence-electron chi connectivity index (χ2n) is 14.1. The summed E-state index contributed by atoms with van der Waals surface area (Å²) >= 11 is 1.86. The summed E-state index contributed by atoms with van der Waals surface area (Å²) in [5.74, 6) is 0. The summed E-state index contributed by atoms with van der Waals surface area (Å²) in [5, 5.41) is 7.26. The molecule has 11 rings (SSSR count). The quantitative estimate of drug-likeness (QED) is 0.170. The summed E-state index contributed by atoms with van der Waals surface area (Å²) in [4.78, 5) is 2.50. The molecular formula is C52H33NOS. The van der Waals surface area contributed by atoms with Crippen molar-refractivity contribution in [3.8, 4) is 33.4 Å². The van der Waals surface area contributed by atoms with E-state index in [1.165, 1.54) is 36.5 Å². The Bertz CT molecular complexity index is 3230. The second-order valence-corrected chi connectivity index (χ2v) is 15.1. The molecule has 0 saturated heterocycles. The summed E-state index contributed by atoms with van der Waals surface area (Å²) in [7, 11) is 0. The molecule has 0 radical (unpaired) electrons. The molecule has 11 aromatic rings. The minimum atomic E-state index is 0.884. The summed E-state index contributed by atoms with van der Waals surface area (Å²) in [5.41, 5.74) is 12.0. The van der Waals surface area contributed by atoms with E-state index < -0.39 is 0 Å². The van der Waals surface area contributed by atoms with E-state index >= 15 is 0 Å². The molecule has 2 aromatic heterocycles. The average molecular weight is 720 g/mol. The van der Waals surface area contributed by atoms with Crippen LogP contribution in [0.25, 0.3) is 86.3 Å². The second kappa shape index (κ2) is 12.9. The molecule has 0 atom stereocenters. The number of hydrogen-bond acceptors (Lipinski definition) is 3. The fraction of sp³-hybridized carbons (Fsp3) is 0. The third-order valence-corrected chi connectivity index (χ3v) is 12.1. The van der Waals surface area contributed by atoms with E-state index in [-0.39, 0.29) is 0 Å². The standard InChI is InChI=1S/C52H33NOS/c1-2-14-35(15-3-1)41-29-27-38(37-26-25-34-13-4-5-16-36(34)31-37)32-48(41)53(47-22-12-20-45-44-19-8-11-24-51(44)55-52(45)47)46-21-9-6-17-40(46)39-28-30-43-42-18-7-10-23-49(42)54-50(43)33-39/h1-33H. The van der Waals surface area contributed by atoms with Gasteiger partial charge in [-0.3, -0.25) is 0 Å². The predicted molar refractivity (Wildman–Crippen MR) is 235 cm³/mol. The molecule has 0 aliphatic carbocycles. The molecule has 0 bridgehead atoms. The van der Waals surface area contributed by atoms with E-state index in [0.29, 0.717) is 0 Å². The SMILES string of the molecule is c1ccc(-c2ccc(-c3ccc4ccccc4c3)cc2N(c2ccccc2-c2ccc3c(c2)oc2ccccc23)c2cccc3c2sc2ccccc23)cc1. The van der Waals surface area contributed by atoms with Crippen LogP contribution in [0.2, 0.25) is 0 Å². The first-order valence-electron chi connectivity index (χ1n) is 18.7. The van der Waals surface area contributed by atoms with Crippen LogP contribution in [0.5, 0.6) is 0 Å². The monoisotopic (exact) mass is 719 g/mol. The Hall–Kier alpha value is -6.94. The van der Waals surface area contributed by atoms with Crippen LogP contribution in [0.3, 0.4) is 0 Å². The Kier molecular flexibility index (Phi) is 7.39. The average Bonchev–Trinajstić information content (AvgIpc) is 3.83. The smallest absolute Gasteiger partial charge is 0.136 e. The molecule has 9 aromatic carbocycles. The van der Waals surface area contributed by atoms with Gasteiger partial charge >= 0.3 is 0 Å². The molecule has 0 saturated carbocycles. The lowest BCUT2D eigenvalue weighted by atomic mass is 9.94. The van der Waals surface area contributed by atoms with Crippen LogP contribution >= 0.6 is 11.3 Å². The summed E-state index contributed by atoms with van der Waals surface area (Å²) in [6, 6.07) is 72.4. The van der Waals surface area contributed by atoms with Gasteiger partial charge < -0.3 is 9.32 Å². The third kappa shape index (κ3) is 5.32. The molecule has 258 valence electrons. The molecule has 0 spiro atoms. The van der Waals surface area contributed by atoms with Gasteiger partial charge in [0.25, 0.3) is 0 Å². The Morgan fingerprint density at radius 3 is 1.93 bits per heavy atom. The van der Waals surface area contributed by atoms with Crippen molar-refractivity contribution in [1.82, 2.24) is 0 Å². The van der Waals surface area contributed by atoms with Crippen molar-refractivity contribution in [2.45, 2.75) is 0 Å². The zero-order valence-corrected chi connectivity index (χ0v) is 30.6. The van der Waals surface area contributed by atoms with Crippen molar-refractivity contribution in [3.63, 3.8) is 0 Å². The van der Waals surface area contributed by atoms with Gasteiger partial charge in [-0.2, -0.15) is 0 Å². The zero-order valence-electron chi connectivity index (χ0n) is 29.8. The highest BCUT2D eigenvalue weighted by atomic mass is 32.1. The van der Waals surface area contributed by atoms with Gasteiger partial charge in [-0.25, -0.2) is 0 Å². The van der Waals surface area contributed by atoms with Crippen molar-refractivity contribution in [3.05, 3.63) is 200 Å². The van der Waals surface area contributed by atoms with E-state index in [9.17, 15) is 0 Å². The van der Waals surface area contributed by atoms with E-state index in [0.717, 1.165) is 66.8 Å². The van der Waals surface area contributed by atoms with Gasteiger partial charge in [0.1, 0.15) is 11.2 Å². The lowest BCUT2D eigenvalue weighted by Crippen LogP contribution is -2.13. The first-order valence-corrected chi connectivity index (χ1v) is 19.5. The number of benzene rings is 9. The molecular weight excluding hydrogens is 687 g/mol. The van der Waals surface area contributed by atoms with E-state index in [2.05, 4.69) is 193 Å². The van der Waals surface area contributed by atoms with Gasteiger partial charge in [0.05, 0.1) is 21.8 Å². The number of furan rings is 1. The minimum absolute atomic E-state index is 0.884. The highest BCUT2D eigenvalue weighted by Gasteiger charge is 2.24. The van der Waals surface area contributed by atoms with Crippen LogP contribution < -0.4 is 4.90 Å². The molecule has 0 N–H and O–H groups in total. The molecule has 0 aliphatic heterocycles. The predicted octanol–water partition coefficient (Wildman–Crippen LogP) is 15.6. The molecule has 0 amide bonds. The van der Waals surface area contributed by atoms with Crippen molar-refractivity contribution < 1.29 is 4.42 Å². The van der Waals surface area contributed by atoms with Crippen LogP contribution in [-0.2, 0) is 0 Å². The largest absolute Gasteiger partial charge is 0.456 e. The lowest BCUT2D eigenvalue weighted by Gasteiger charge is -2.31. The minimum Gasteiger partial charge on any atom is -0.456 e. The van der Waals surface area contributed by atoms with Gasteiger partial charge in [-0.05, 0) is 81.6 Å². The molecule has 0 fully saturated rings. The van der Waals surface area contributed by atoms with Gasteiger partial charge in [0.2, 0.25) is 0 Å². The first-order chi connectivity index (χ1) is 27.3. The van der Waals surface area contributed by atoms with E-state index in [1.807, 2.05) is 23.5 Å². The number of para-hydroxylation sites is 2. The normalized spacial score (nSPS) is 11.6. The van der Waals surface area contributed by atoms with E-state index in [1.54, 1.807) is 0 Å². The van der Waals surface area contributed by atoms with Crippen molar-refractivity contribution in [2.75, 3.05) is 4.90 Å². The maximum Gasteiger partial charge on any atom is 0.136 e. The topological polar surface area (TPSA) is 16.4 Å². The number of nitrogens with zero attached hydrogens (tertiary/aromatic N) is 1. The van der Waals surface area contributed by atoms with Gasteiger partial charge in [0, 0.05) is 37.4 Å². The fourth-order valence-electron chi connectivity index (χ4n) is 8.23. The third-order valence-electron chi connectivity index (χ3n) is 10.9. The molecule has 0 unspecified atom stereocenters. The maximum atomic E-state index is 6.44.